The second kappa shape index (κ2) is 6.27. The van der Waals surface area contributed by atoms with Crippen LogP contribution in [0.2, 0.25) is 5.02 Å². The average Bonchev–Trinajstić information content (AvgIpc) is 3.19. The first-order chi connectivity index (χ1) is 9.54. The van der Waals surface area contributed by atoms with Crippen molar-refractivity contribution < 1.29 is 14.7 Å². The maximum absolute atomic E-state index is 12.3. The molecule has 1 aliphatic carbocycles. The molecule has 1 amide bonds. The van der Waals surface area contributed by atoms with Gasteiger partial charge in [-0.2, -0.15) is 0 Å². The molecule has 1 N–H and O–H groups in total. The smallest absolute Gasteiger partial charge is 0.305 e. The number of carbonyl (C=O) groups is 2. The number of halogens is 1. The van der Waals surface area contributed by atoms with Gasteiger partial charge < -0.3 is 10.0 Å². The fourth-order valence-corrected chi connectivity index (χ4v) is 2.75. The molecule has 0 radical (unpaired) electrons. The lowest BCUT2D eigenvalue weighted by atomic mass is 10.1. The van der Waals surface area contributed by atoms with E-state index in [0.29, 0.717) is 11.6 Å². The Hall–Kier alpha value is -1.55. The normalized spacial score (nSPS) is 20.5. The molecule has 0 saturated heterocycles. The van der Waals surface area contributed by atoms with Crippen molar-refractivity contribution in [1.29, 1.82) is 0 Å². The van der Waals surface area contributed by atoms with Crippen LogP contribution in [-0.2, 0) is 9.59 Å². The molecule has 1 aliphatic rings. The van der Waals surface area contributed by atoms with Gasteiger partial charge in [-0.15, -0.1) is 0 Å². The first-order valence-corrected chi connectivity index (χ1v) is 7.17. The molecular formula is C15H18ClNO3. The topological polar surface area (TPSA) is 57.6 Å². The summed E-state index contributed by atoms with van der Waals surface area (Å²) >= 11 is 6.14. The van der Waals surface area contributed by atoms with Crippen molar-refractivity contribution in [3.63, 3.8) is 0 Å². The van der Waals surface area contributed by atoms with E-state index in [1.807, 2.05) is 31.2 Å². The van der Waals surface area contributed by atoms with Gasteiger partial charge in [0.05, 0.1) is 6.42 Å². The summed E-state index contributed by atoms with van der Waals surface area (Å²) in [6.07, 6.45) is 0.787. The zero-order chi connectivity index (χ0) is 14.7. The van der Waals surface area contributed by atoms with E-state index < -0.39 is 5.97 Å². The number of hydrogen-bond donors (Lipinski definition) is 1. The Morgan fingerprint density at radius 1 is 1.40 bits per heavy atom. The lowest BCUT2D eigenvalue weighted by Gasteiger charge is -2.20. The number of carbonyl (C=O) groups excluding carboxylic acids is 1. The lowest BCUT2D eigenvalue weighted by molar-refractivity contribution is -0.138. The van der Waals surface area contributed by atoms with Crippen LogP contribution in [0.4, 0.5) is 0 Å². The monoisotopic (exact) mass is 295 g/mol. The van der Waals surface area contributed by atoms with Crippen molar-refractivity contribution >= 4 is 23.5 Å². The Kier molecular flexibility index (Phi) is 4.65. The highest BCUT2D eigenvalue weighted by molar-refractivity contribution is 6.31. The zero-order valence-electron chi connectivity index (χ0n) is 11.4. The number of nitrogens with zero attached hydrogens (tertiary/aromatic N) is 1. The van der Waals surface area contributed by atoms with Gasteiger partial charge in [0.25, 0.3) is 0 Å². The van der Waals surface area contributed by atoms with E-state index in [-0.39, 0.29) is 30.7 Å². The third-order valence-corrected chi connectivity index (χ3v) is 4.05. The van der Waals surface area contributed by atoms with E-state index in [9.17, 15) is 9.59 Å². The molecule has 20 heavy (non-hydrogen) atoms. The molecule has 108 valence electrons. The van der Waals surface area contributed by atoms with Gasteiger partial charge in [-0.05, 0) is 30.9 Å². The number of amides is 1. The van der Waals surface area contributed by atoms with Crippen molar-refractivity contribution in [1.82, 2.24) is 4.90 Å². The van der Waals surface area contributed by atoms with Crippen LogP contribution in [0.5, 0.6) is 0 Å². The van der Waals surface area contributed by atoms with Crippen LogP contribution < -0.4 is 0 Å². The van der Waals surface area contributed by atoms with E-state index in [0.717, 1.165) is 12.0 Å². The van der Waals surface area contributed by atoms with Crippen molar-refractivity contribution in [3.8, 4) is 0 Å². The van der Waals surface area contributed by atoms with E-state index in [1.54, 1.807) is 4.90 Å². The molecule has 0 bridgehead atoms. The molecule has 1 saturated carbocycles. The predicted octanol–water partition coefficient (Wildman–Crippen LogP) is 2.77. The Balaban J connectivity index is 1.98. The van der Waals surface area contributed by atoms with Crippen LogP contribution in [-0.4, -0.2) is 35.0 Å². The highest BCUT2D eigenvalue weighted by atomic mass is 35.5. The number of hydrogen-bond acceptors (Lipinski definition) is 2. The summed E-state index contributed by atoms with van der Waals surface area (Å²) in [6, 6.07) is 7.58. The molecule has 1 aromatic carbocycles. The summed E-state index contributed by atoms with van der Waals surface area (Å²) < 4.78 is 0. The fourth-order valence-electron chi connectivity index (χ4n) is 2.48. The fraction of sp³-hybridized carbons (Fsp3) is 0.467. The zero-order valence-corrected chi connectivity index (χ0v) is 12.1. The number of aliphatic carboxylic acids is 1. The minimum Gasteiger partial charge on any atom is -0.481 e. The van der Waals surface area contributed by atoms with Crippen LogP contribution in [0, 0.1) is 5.92 Å². The van der Waals surface area contributed by atoms with Crippen molar-refractivity contribution in [2.24, 2.45) is 5.92 Å². The predicted molar refractivity (Wildman–Crippen MR) is 76.8 cm³/mol. The van der Waals surface area contributed by atoms with Crippen LogP contribution in [0.1, 0.15) is 31.2 Å². The summed E-state index contributed by atoms with van der Waals surface area (Å²) in [7, 11) is 0. The van der Waals surface area contributed by atoms with Gasteiger partial charge in [-0.3, -0.25) is 9.59 Å². The summed E-state index contributed by atoms with van der Waals surface area (Å²) in [5.74, 6) is -0.716. The number of benzene rings is 1. The van der Waals surface area contributed by atoms with Gasteiger partial charge >= 0.3 is 5.97 Å². The van der Waals surface area contributed by atoms with Gasteiger partial charge in [-0.25, -0.2) is 0 Å². The minimum absolute atomic E-state index is 0.0109. The number of carboxylic acid groups (broad SMARTS) is 1. The van der Waals surface area contributed by atoms with Gasteiger partial charge in [-0.1, -0.05) is 29.8 Å². The Labute approximate surface area is 123 Å². The molecule has 4 nitrogen and oxygen atoms in total. The second-order valence-electron chi connectivity index (χ2n) is 5.03. The molecule has 0 aromatic heterocycles. The van der Waals surface area contributed by atoms with E-state index in [2.05, 4.69) is 0 Å². The third-order valence-electron chi connectivity index (χ3n) is 3.70. The number of rotatable bonds is 6. The molecule has 0 spiro atoms. The Morgan fingerprint density at radius 2 is 2.10 bits per heavy atom. The molecule has 2 atom stereocenters. The molecule has 2 rings (SSSR count). The summed E-state index contributed by atoms with van der Waals surface area (Å²) in [5, 5.41) is 9.40. The first-order valence-electron chi connectivity index (χ1n) is 6.79. The van der Waals surface area contributed by atoms with Gasteiger partial charge in [0.1, 0.15) is 0 Å². The molecule has 5 heteroatoms. The van der Waals surface area contributed by atoms with E-state index in [4.69, 9.17) is 16.7 Å². The maximum Gasteiger partial charge on any atom is 0.305 e. The average molecular weight is 296 g/mol. The molecule has 0 unspecified atom stereocenters. The standard InChI is InChI=1S/C15H18ClNO3/c1-2-17(8-7-14(18)19)15(20)12-9-11(12)10-5-3-4-6-13(10)16/h3-6,11-12H,2,7-9H2,1H3,(H,18,19)/t11-,12-/m0/s1. The minimum atomic E-state index is -0.880. The van der Waals surface area contributed by atoms with E-state index >= 15 is 0 Å². The van der Waals surface area contributed by atoms with Crippen LogP contribution in [0.3, 0.4) is 0 Å². The third kappa shape index (κ3) is 3.31. The summed E-state index contributed by atoms with van der Waals surface area (Å²) in [4.78, 5) is 24.6. The quantitative estimate of drug-likeness (QED) is 0.878. The van der Waals surface area contributed by atoms with Crippen molar-refractivity contribution in [2.45, 2.75) is 25.7 Å². The van der Waals surface area contributed by atoms with Crippen molar-refractivity contribution in [3.05, 3.63) is 34.9 Å². The molecule has 1 aromatic rings. The number of carboxylic acids is 1. The van der Waals surface area contributed by atoms with Crippen LogP contribution in [0.25, 0.3) is 0 Å². The molecule has 0 aliphatic heterocycles. The Morgan fingerprint density at radius 3 is 2.70 bits per heavy atom. The van der Waals surface area contributed by atoms with Gasteiger partial charge in [0, 0.05) is 24.0 Å². The largest absolute Gasteiger partial charge is 0.481 e. The van der Waals surface area contributed by atoms with Crippen LogP contribution in [0.15, 0.2) is 24.3 Å². The lowest BCUT2D eigenvalue weighted by Crippen LogP contribution is -2.34. The highest BCUT2D eigenvalue weighted by Crippen LogP contribution is 2.50. The molecule has 1 fully saturated rings. The molecule has 0 heterocycles. The Bertz CT molecular complexity index is 518. The molecular weight excluding hydrogens is 278 g/mol. The van der Waals surface area contributed by atoms with Gasteiger partial charge in [0.2, 0.25) is 5.91 Å². The summed E-state index contributed by atoms with van der Waals surface area (Å²) in [5.41, 5.74) is 1.02. The summed E-state index contributed by atoms with van der Waals surface area (Å²) in [6.45, 7) is 2.68. The van der Waals surface area contributed by atoms with Crippen LogP contribution >= 0.6 is 11.6 Å². The van der Waals surface area contributed by atoms with Crippen molar-refractivity contribution in [2.75, 3.05) is 13.1 Å². The highest BCUT2D eigenvalue weighted by Gasteiger charge is 2.46. The second-order valence-corrected chi connectivity index (χ2v) is 5.44. The van der Waals surface area contributed by atoms with E-state index in [1.165, 1.54) is 0 Å². The first kappa shape index (κ1) is 14.9. The van der Waals surface area contributed by atoms with Gasteiger partial charge in [0.15, 0.2) is 0 Å². The maximum atomic E-state index is 12.3. The SMILES string of the molecule is CCN(CCC(=O)O)C(=O)[C@H]1C[C@H]1c1ccccc1Cl.